The number of methoxy groups -OCH3 is 1. The third kappa shape index (κ3) is 5.52. The molecule has 35 heavy (non-hydrogen) atoms. The van der Waals surface area contributed by atoms with Crippen LogP contribution in [0.15, 0.2) is 66.7 Å². The van der Waals surface area contributed by atoms with E-state index >= 15 is 0 Å². The minimum absolute atomic E-state index is 0.167. The molecule has 3 aromatic carbocycles. The number of carbonyl (C=O) groups is 2. The molecule has 2 atom stereocenters. The lowest BCUT2D eigenvalue weighted by atomic mass is 9.91. The van der Waals surface area contributed by atoms with E-state index in [4.69, 9.17) is 25.8 Å². The highest BCUT2D eigenvalue weighted by Gasteiger charge is 2.36. The lowest BCUT2D eigenvalue weighted by Crippen LogP contribution is -2.48. The maximum Gasteiger partial charge on any atom is 0.335 e. The summed E-state index contributed by atoms with van der Waals surface area (Å²) in [5.74, 6) is 0.369. The third-order valence-electron chi connectivity index (χ3n) is 5.86. The van der Waals surface area contributed by atoms with Crippen LogP contribution in [0.2, 0.25) is 5.02 Å². The molecule has 7 nitrogen and oxygen atoms in total. The number of aromatic carboxylic acids is 1. The van der Waals surface area contributed by atoms with Crippen molar-refractivity contribution in [1.29, 1.82) is 0 Å². The fourth-order valence-electron chi connectivity index (χ4n) is 3.96. The van der Waals surface area contributed by atoms with Crippen LogP contribution in [0, 0.1) is 0 Å². The van der Waals surface area contributed by atoms with Gasteiger partial charge in [0.2, 0.25) is 0 Å². The number of nitrogens with one attached hydrogen (secondary N) is 1. The van der Waals surface area contributed by atoms with Gasteiger partial charge in [-0.15, -0.1) is 0 Å². The summed E-state index contributed by atoms with van der Waals surface area (Å²) < 4.78 is 17.5. The molecule has 0 radical (unpaired) electrons. The lowest BCUT2D eigenvalue weighted by Gasteiger charge is -2.35. The second-order valence-electron chi connectivity index (χ2n) is 8.77. The Hall–Kier alpha value is -3.71. The summed E-state index contributed by atoms with van der Waals surface area (Å²) in [6, 6.07) is 18.4. The van der Waals surface area contributed by atoms with Crippen molar-refractivity contribution in [2.45, 2.75) is 38.0 Å². The van der Waals surface area contributed by atoms with Crippen molar-refractivity contribution in [3.63, 3.8) is 0 Å². The van der Waals surface area contributed by atoms with E-state index in [1.54, 1.807) is 63.4 Å². The molecule has 4 rings (SSSR count). The van der Waals surface area contributed by atoms with Gasteiger partial charge in [-0.2, -0.15) is 0 Å². The van der Waals surface area contributed by atoms with Crippen molar-refractivity contribution >= 4 is 23.5 Å². The highest BCUT2D eigenvalue weighted by atomic mass is 35.5. The number of rotatable bonds is 7. The first-order valence-corrected chi connectivity index (χ1v) is 11.5. The van der Waals surface area contributed by atoms with Crippen molar-refractivity contribution < 1.29 is 28.9 Å². The van der Waals surface area contributed by atoms with E-state index in [0.29, 0.717) is 34.3 Å². The molecule has 0 bridgehead atoms. The zero-order valence-electron chi connectivity index (χ0n) is 19.6. The molecule has 3 aromatic rings. The maximum atomic E-state index is 13.3. The molecule has 8 heteroatoms. The van der Waals surface area contributed by atoms with Crippen LogP contribution in [0.1, 0.15) is 53.9 Å². The van der Waals surface area contributed by atoms with Crippen LogP contribution in [0.4, 0.5) is 0 Å². The summed E-state index contributed by atoms with van der Waals surface area (Å²) >= 11 is 5.95. The predicted molar refractivity (Wildman–Crippen MR) is 131 cm³/mol. The summed E-state index contributed by atoms with van der Waals surface area (Å²) in [7, 11) is 1.56. The fourth-order valence-corrected chi connectivity index (χ4v) is 4.09. The first-order chi connectivity index (χ1) is 16.7. The van der Waals surface area contributed by atoms with E-state index in [2.05, 4.69) is 5.32 Å². The normalized spacial score (nSPS) is 17.0. The summed E-state index contributed by atoms with van der Waals surface area (Å²) in [5, 5.41) is 13.1. The van der Waals surface area contributed by atoms with Gasteiger partial charge < -0.3 is 24.6 Å². The van der Waals surface area contributed by atoms with Crippen LogP contribution in [0.25, 0.3) is 0 Å². The van der Waals surface area contributed by atoms with Crippen LogP contribution in [-0.4, -0.2) is 29.7 Å². The molecule has 1 amide bonds. The van der Waals surface area contributed by atoms with Gasteiger partial charge in [-0.1, -0.05) is 23.7 Å². The van der Waals surface area contributed by atoms with Crippen molar-refractivity contribution in [2.24, 2.45) is 0 Å². The maximum absolute atomic E-state index is 13.3. The highest BCUT2D eigenvalue weighted by molar-refractivity contribution is 6.30. The second-order valence-corrected chi connectivity index (χ2v) is 9.21. The van der Waals surface area contributed by atoms with Gasteiger partial charge in [0.15, 0.2) is 5.60 Å². The Labute approximate surface area is 208 Å². The number of ether oxygens (including phenoxy) is 3. The van der Waals surface area contributed by atoms with Gasteiger partial charge in [-0.3, -0.25) is 4.79 Å². The van der Waals surface area contributed by atoms with Crippen molar-refractivity contribution in [3.05, 3.63) is 88.4 Å². The molecule has 0 spiro atoms. The molecule has 0 unspecified atom stereocenters. The number of hydrogen-bond acceptors (Lipinski definition) is 5. The molecule has 0 aliphatic carbocycles. The van der Waals surface area contributed by atoms with Gasteiger partial charge in [-0.25, -0.2) is 4.79 Å². The topological polar surface area (TPSA) is 94.1 Å². The van der Waals surface area contributed by atoms with Crippen LogP contribution in [-0.2, 0) is 4.79 Å². The Morgan fingerprint density at radius 1 is 1.06 bits per heavy atom. The largest absolute Gasteiger partial charge is 0.497 e. The summed E-state index contributed by atoms with van der Waals surface area (Å²) in [5.41, 5.74) is 0.499. The van der Waals surface area contributed by atoms with Crippen LogP contribution in [0.3, 0.4) is 0 Å². The van der Waals surface area contributed by atoms with Crippen molar-refractivity contribution in [2.75, 3.05) is 7.11 Å². The zero-order valence-corrected chi connectivity index (χ0v) is 20.3. The van der Waals surface area contributed by atoms with Gasteiger partial charge in [-0.05, 0) is 67.9 Å². The quantitative estimate of drug-likeness (QED) is 0.444. The Morgan fingerprint density at radius 3 is 2.46 bits per heavy atom. The van der Waals surface area contributed by atoms with Crippen molar-refractivity contribution in [3.8, 4) is 17.2 Å². The molecule has 0 fully saturated rings. The number of carboxylic acid groups (broad SMARTS) is 1. The second kappa shape index (κ2) is 9.88. The van der Waals surface area contributed by atoms with Gasteiger partial charge in [0.05, 0.1) is 18.7 Å². The average Bonchev–Trinajstić information content (AvgIpc) is 2.84. The van der Waals surface area contributed by atoms with E-state index in [1.807, 2.05) is 18.2 Å². The SMILES string of the molecule is COc1ccc2c(c1)O[C@@H](c1cccc(C(=O)O)c1)C[C@H]2NC(=O)C(C)(C)Oc1ccc(Cl)cc1. The Morgan fingerprint density at radius 2 is 1.77 bits per heavy atom. The lowest BCUT2D eigenvalue weighted by molar-refractivity contribution is -0.135. The van der Waals surface area contributed by atoms with Crippen molar-refractivity contribution in [1.82, 2.24) is 5.32 Å². The minimum Gasteiger partial charge on any atom is -0.497 e. The number of hydrogen-bond donors (Lipinski definition) is 2. The molecule has 1 heterocycles. The number of fused-ring (bicyclic) bond motifs is 1. The third-order valence-corrected chi connectivity index (χ3v) is 6.11. The molecular formula is C27H26ClNO6. The summed E-state index contributed by atoms with van der Waals surface area (Å²) in [4.78, 5) is 24.8. The first-order valence-electron chi connectivity index (χ1n) is 11.1. The van der Waals surface area contributed by atoms with Crippen LogP contribution >= 0.6 is 11.6 Å². The number of amides is 1. The summed E-state index contributed by atoms with van der Waals surface area (Å²) in [6.45, 7) is 3.39. The number of benzene rings is 3. The molecule has 0 aromatic heterocycles. The fraction of sp³-hybridized carbons (Fsp3) is 0.259. The Bertz CT molecular complexity index is 1240. The molecule has 182 valence electrons. The molecule has 0 saturated carbocycles. The van der Waals surface area contributed by atoms with Gasteiger partial charge in [0, 0.05) is 23.1 Å². The molecule has 1 aliphatic heterocycles. The van der Waals surface area contributed by atoms with Gasteiger partial charge in [0.25, 0.3) is 5.91 Å². The summed E-state index contributed by atoms with van der Waals surface area (Å²) in [6.07, 6.45) is -0.0648. The minimum atomic E-state index is -1.17. The van der Waals surface area contributed by atoms with Gasteiger partial charge >= 0.3 is 5.97 Å². The van der Waals surface area contributed by atoms with E-state index in [1.165, 1.54) is 6.07 Å². The van der Waals surface area contributed by atoms with E-state index < -0.39 is 23.7 Å². The van der Waals surface area contributed by atoms with Crippen LogP contribution in [0.5, 0.6) is 17.2 Å². The molecule has 2 N–H and O–H groups in total. The molecule has 1 aliphatic rings. The number of carbonyl (C=O) groups excluding carboxylic acids is 1. The molecular weight excluding hydrogens is 470 g/mol. The standard InChI is InChI=1S/C27H26ClNO6/c1-27(2,35-19-9-7-18(28)8-10-19)26(32)29-22-15-23(16-5-4-6-17(13-16)25(30)31)34-24-14-20(33-3)11-12-21(22)24/h4-14,22-23H,15H2,1-3H3,(H,29,32)(H,30,31)/t22-,23-/m1/s1. The first kappa shape index (κ1) is 24.4. The number of halogens is 1. The number of carboxylic acids is 1. The van der Waals surface area contributed by atoms with E-state index in [9.17, 15) is 14.7 Å². The Kier molecular flexibility index (Phi) is 6.89. The highest BCUT2D eigenvalue weighted by Crippen LogP contribution is 2.43. The zero-order chi connectivity index (χ0) is 25.2. The van der Waals surface area contributed by atoms with E-state index in [0.717, 1.165) is 5.56 Å². The van der Waals surface area contributed by atoms with Gasteiger partial charge in [0.1, 0.15) is 23.4 Å². The predicted octanol–water partition coefficient (Wildman–Crippen LogP) is 5.59. The average molecular weight is 496 g/mol. The molecule has 0 saturated heterocycles. The van der Waals surface area contributed by atoms with E-state index in [-0.39, 0.29) is 11.5 Å². The smallest absolute Gasteiger partial charge is 0.335 e. The monoisotopic (exact) mass is 495 g/mol. The van der Waals surface area contributed by atoms with Crippen LogP contribution < -0.4 is 19.5 Å². The Balaban J connectivity index is 1.61.